The quantitative estimate of drug-likeness (QED) is 0.592. The summed E-state index contributed by atoms with van der Waals surface area (Å²) in [6, 6.07) is 5.02. The van der Waals surface area contributed by atoms with Gasteiger partial charge in [-0.15, -0.1) is 0 Å². The number of aromatic nitrogens is 2. The monoisotopic (exact) mass is 367 g/mol. The predicted octanol–water partition coefficient (Wildman–Crippen LogP) is 1.35. The van der Waals surface area contributed by atoms with Gasteiger partial charge in [0.15, 0.2) is 0 Å². The van der Waals surface area contributed by atoms with Gasteiger partial charge in [0.05, 0.1) is 6.57 Å². The van der Waals surface area contributed by atoms with E-state index in [0.29, 0.717) is 30.8 Å². The molecule has 0 fully saturated rings. The van der Waals surface area contributed by atoms with Gasteiger partial charge in [0.2, 0.25) is 5.88 Å². The van der Waals surface area contributed by atoms with Crippen LogP contribution in [0.3, 0.4) is 0 Å². The number of nitrogens with zero attached hydrogens (tertiary/aromatic N) is 4. The Kier molecular flexibility index (Phi) is 6.17. The van der Waals surface area contributed by atoms with Crippen LogP contribution in [0, 0.1) is 38.7 Å². The van der Waals surface area contributed by atoms with Gasteiger partial charge in [-0.25, -0.2) is 4.85 Å². The maximum atomic E-state index is 12.3. The lowest BCUT2D eigenvalue weighted by atomic mass is 10.1. The number of aryl methyl sites for hydroxylation is 3. The Bertz CT molecular complexity index is 1060. The van der Waals surface area contributed by atoms with Crippen molar-refractivity contribution >= 4 is 5.69 Å². The van der Waals surface area contributed by atoms with E-state index in [1.165, 1.54) is 10.6 Å². The van der Waals surface area contributed by atoms with Gasteiger partial charge in [0.1, 0.15) is 11.6 Å². The van der Waals surface area contributed by atoms with Crippen molar-refractivity contribution in [1.29, 1.82) is 5.26 Å². The van der Waals surface area contributed by atoms with Crippen molar-refractivity contribution < 1.29 is 5.11 Å². The van der Waals surface area contributed by atoms with Crippen LogP contribution in [0.4, 0.5) is 5.69 Å². The molecule has 2 N–H and O–H groups in total. The summed E-state index contributed by atoms with van der Waals surface area (Å²) in [5, 5.41) is 22.3. The molecule has 0 radical (unpaired) electrons. The Morgan fingerprint density at radius 1 is 1.15 bits per heavy atom. The van der Waals surface area contributed by atoms with Gasteiger partial charge < -0.3 is 15.0 Å². The van der Waals surface area contributed by atoms with E-state index < -0.39 is 0 Å². The van der Waals surface area contributed by atoms with E-state index in [-0.39, 0.29) is 34.8 Å². The first-order valence-corrected chi connectivity index (χ1v) is 8.44. The minimum Gasteiger partial charge on any atom is -0.493 e. The number of aromatic hydroxyl groups is 1. The molecule has 0 bridgehead atoms. The summed E-state index contributed by atoms with van der Waals surface area (Å²) in [6.07, 6.45) is 0. The van der Waals surface area contributed by atoms with E-state index in [2.05, 4.69) is 10.2 Å². The second kappa shape index (κ2) is 8.35. The summed E-state index contributed by atoms with van der Waals surface area (Å²) >= 11 is 0. The smallest absolute Gasteiger partial charge is 0.257 e. The van der Waals surface area contributed by atoms with Crippen LogP contribution in [0.15, 0.2) is 21.7 Å². The molecule has 2 rings (SSSR count). The number of nitriles is 1. The number of nitrogens with one attached hydrogen (secondary N) is 1. The van der Waals surface area contributed by atoms with Gasteiger partial charge in [-0.05, 0) is 31.9 Å². The Balaban J connectivity index is 2.03. The summed E-state index contributed by atoms with van der Waals surface area (Å²) in [7, 11) is 0. The number of hydrogen-bond acceptors (Lipinski definition) is 5. The van der Waals surface area contributed by atoms with Crippen molar-refractivity contribution in [2.75, 3.05) is 13.1 Å². The molecule has 0 unspecified atom stereocenters. The lowest BCUT2D eigenvalue weighted by Crippen LogP contribution is -2.32. The molecular weight excluding hydrogens is 346 g/mol. The highest BCUT2D eigenvalue weighted by Gasteiger charge is 2.12. The minimum absolute atomic E-state index is 0.0862. The van der Waals surface area contributed by atoms with Gasteiger partial charge in [-0.3, -0.25) is 14.2 Å². The fourth-order valence-electron chi connectivity index (χ4n) is 2.94. The fourth-order valence-corrected chi connectivity index (χ4v) is 2.94. The van der Waals surface area contributed by atoms with E-state index in [1.54, 1.807) is 13.8 Å². The molecule has 2 heterocycles. The Morgan fingerprint density at radius 2 is 1.78 bits per heavy atom. The van der Waals surface area contributed by atoms with Crippen LogP contribution < -0.4 is 16.4 Å². The zero-order chi connectivity index (χ0) is 20.1. The predicted molar refractivity (Wildman–Crippen MR) is 101 cm³/mol. The topological polar surface area (TPSA) is 104 Å². The zero-order valence-corrected chi connectivity index (χ0v) is 15.5. The second-order valence-electron chi connectivity index (χ2n) is 6.26. The second-order valence-corrected chi connectivity index (χ2v) is 6.26. The van der Waals surface area contributed by atoms with Crippen LogP contribution in [0.5, 0.6) is 5.88 Å². The SMILES string of the molecule is [C-]#[N+]c1c(C)cc(C)n(CCNCCn2c(O)c(C#N)c(C)cc2=O)c1=O. The van der Waals surface area contributed by atoms with E-state index >= 15 is 0 Å². The summed E-state index contributed by atoms with van der Waals surface area (Å²) in [5.74, 6) is -0.336. The van der Waals surface area contributed by atoms with Crippen molar-refractivity contribution in [3.63, 3.8) is 0 Å². The highest BCUT2D eigenvalue weighted by atomic mass is 16.3. The third-order valence-electron chi connectivity index (χ3n) is 4.40. The fraction of sp³-hybridized carbons (Fsp3) is 0.368. The van der Waals surface area contributed by atoms with E-state index in [4.69, 9.17) is 11.8 Å². The van der Waals surface area contributed by atoms with Gasteiger partial charge in [0.25, 0.3) is 16.8 Å². The number of pyridine rings is 2. The van der Waals surface area contributed by atoms with Crippen LogP contribution in [0.25, 0.3) is 4.85 Å². The van der Waals surface area contributed by atoms with Crippen molar-refractivity contribution in [2.24, 2.45) is 0 Å². The lowest BCUT2D eigenvalue weighted by molar-refractivity contribution is 0.399. The largest absolute Gasteiger partial charge is 0.493 e. The van der Waals surface area contributed by atoms with E-state index in [1.807, 2.05) is 19.1 Å². The number of rotatable bonds is 6. The molecule has 2 aromatic rings. The highest BCUT2D eigenvalue weighted by Crippen LogP contribution is 2.17. The molecule has 0 aliphatic carbocycles. The summed E-state index contributed by atoms with van der Waals surface area (Å²) in [4.78, 5) is 27.6. The molecule has 0 aliphatic rings. The van der Waals surface area contributed by atoms with Crippen molar-refractivity contribution in [2.45, 2.75) is 33.9 Å². The molecule has 140 valence electrons. The van der Waals surface area contributed by atoms with Crippen LogP contribution in [-0.2, 0) is 13.1 Å². The third kappa shape index (κ3) is 4.08. The standard InChI is InChI=1S/C19H21N5O3/c1-12-10-16(25)24(18(26)15(12)11-20)8-6-22-5-7-23-14(3)9-13(2)17(21-4)19(23)27/h9-10,22,26H,5-8H2,1-3H3. The molecule has 0 amide bonds. The van der Waals surface area contributed by atoms with Crippen LogP contribution in [0.2, 0.25) is 0 Å². The van der Waals surface area contributed by atoms with Crippen LogP contribution in [-0.4, -0.2) is 27.3 Å². The van der Waals surface area contributed by atoms with E-state index in [0.717, 1.165) is 10.3 Å². The molecule has 8 heteroatoms. The van der Waals surface area contributed by atoms with Crippen LogP contribution >= 0.6 is 0 Å². The first kappa shape index (κ1) is 20.0. The third-order valence-corrected chi connectivity index (χ3v) is 4.40. The first-order chi connectivity index (χ1) is 12.8. The van der Waals surface area contributed by atoms with Gasteiger partial charge in [-0.2, -0.15) is 5.26 Å². The maximum Gasteiger partial charge on any atom is 0.257 e. The lowest BCUT2D eigenvalue weighted by Gasteiger charge is -2.14. The molecule has 0 aromatic carbocycles. The van der Waals surface area contributed by atoms with Gasteiger partial charge >= 0.3 is 0 Å². The average molecular weight is 367 g/mol. The molecule has 0 saturated carbocycles. The highest BCUT2D eigenvalue weighted by molar-refractivity contribution is 5.50. The summed E-state index contributed by atoms with van der Waals surface area (Å²) < 4.78 is 2.68. The molecule has 0 spiro atoms. The van der Waals surface area contributed by atoms with Crippen molar-refractivity contribution in [3.8, 4) is 11.9 Å². The minimum atomic E-state index is -0.377. The average Bonchev–Trinajstić information content (AvgIpc) is 2.59. The molecule has 2 aromatic heterocycles. The zero-order valence-electron chi connectivity index (χ0n) is 15.5. The molecule has 0 saturated heterocycles. The van der Waals surface area contributed by atoms with Gasteiger partial charge in [-0.1, -0.05) is 6.07 Å². The van der Waals surface area contributed by atoms with Gasteiger partial charge in [0, 0.05) is 37.9 Å². The van der Waals surface area contributed by atoms with E-state index in [9.17, 15) is 14.7 Å². The molecular formula is C19H21N5O3. The van der Waals surface area contributed by atoms with Crippen LogP contribution in [0.1, 0.15) is 22.4 Å². The summed E-state index contributed by atoms with van der Waals surface area (Å²) in [6.45, 7) is 13.7. The molecule has 27 heavy (non-hydrogen) atoms. The Labute approximate surface area is 156 Å². The van der Waals surface area contributed by atoms with Crippen molar-refractivity contribution in [3.05, 3.63) is 66.6 Å². The normalized spacial score (nSPS) is 10.4. The Morgan fingerprint density at radius 3 is 2.37 bits per heavy atom. The first-order valence-electron chi connectivity index (χ1n) is 8.44. The van der Waals surface area contributed by atoms with Crippen molar-refractivity contribution in [1.82, 2.24) is 14.5 Å². The Hall–Kier alpha value is -3.36. The maximum absolute atomic E-state index is 12.3. The molecule has 8 nitrogen and oxygen atoms in total. The molecule has 0 aliphatic heterocycles. The number of hydrogen-bond donors (Lipinski definition) is 2. The summed E-state index contributed by atoms with van der Waals surface area (Å²) in [5.41, 5.74) is 1.41. The molecule has 0 atom stereocenters.